The molecule has 534 valence electrons. The molecule has 0 saturated heterocycles. The zero-order chi connectivity index (χ0) is 66.8. The third-order valence-electron chi connectivity index (χ3n) is 17.0. The predicted molar refractivity (Wildman–Crippen MR) is 363 cm³/mol. The van der Waals surface area contributed by atoms with Crippen LogP contribution in [0.4, 0.5) is 0 Å². The highest BCUT2D eigenvalue weighted by Crippen LogP contribution is 2.45. The standard InChI is InChI=1S/C71H138O17P2/c1-9-63(7)49-41-33-24-20-15-13-11-12-14-16-21-25-37-45-53-70(75)88-67(58-82-69(74)52-44-36-30-28-34-42-50-64(8)10-2)60-86-90(79,80)84-56-65(72)55-83-89(77,78)85-59-66(57-81-68(73)51-43-35-29-27-32-40-48-62(5)6)87-71(76)54-46-38-26-22-18-17-19-23-31-39-47-61(3)4/h61-67,72H,9-60H2,1-8H3,(H,77,78)(H,79,80)/t63?,64?,65-,66-,67-/m1/s1. The minimum absolute atomic E-state index is 0.104. The third-order valence-corrected chi connectivity index (χ3v) is 18.9. The van der Waals surface area contributed by atoms with Gasteiger partial charge in [0.15, 0.2) is 12.2 Å². The topological polar surface area (TPSA) is 237 Å². The van der Waals surface area contributed by atoms with E-state index >= 15 is 0 Å². The summed E-state index contributed by atoms with van der Waals surface area (Å²) in [6.45, 7) is 14.1. The molecule has 0 aliphatic rings. The highest BCUT2D eigenvalue weighted by Gasteiger charge is 2.30. The number of aliphatic hydroxyl groups is 1. The van der Waals surface area contributed by atoms with Crippen LogP contribution in [0.5, 0.6) is 0 Å². The first-order valence-electron chi connectivity index (χ1n) is 36.8. The van der Waals surface area contributed by atoms with Crippen LogP contribution in [-0.2, 0) is 65.4 Å². The molecular weight excluding hydrogens is 1190 g/mol. The van der Waals surface area contributed by atoms with Crippen LogP contribution in [-0.4, -0.2) is 96.7 Å². The van der Waals surface area contributed by atoms with Crippen LogP contribution in [0.3, 0.4) is 0 Å². The number of phosphoric acid groups is 2. The maximum absolute atomic E-state index is 13.0. The maximum atomic E-state index is 13.0. The van der Waals surface area contributed by atoms with E-state index in [0.717, 1.165) is 120 Å². The molecule has 3 N–H and O–H groups in total. The zero-order valence-electron chi connectivity index (χ0n) is 58.8. The number of unbranched alkanes of at least 4 members (excludes halogenated alkanes) is 32. The van der Waals surface area contributed by atoms with Crippen LogP contribution in [0.2, 0.25) is 0 Å². The fourth-order valence-corrected chi connectivity index (χ4v) is 12.2. The van der Waals surface area contributed by atoms with Gasteiger partial charge in [-0.3, -0.25) is 37.3 Å². The minimum atomic E-state index is -4.95. The Kier molecular flexibility index (Phi) is 59.4. The summed E-state index contributed by atoms with van der Waals surface area (Å²) in [5.74, 6) is 0.877. The second kappa shape index (κ2) is 60.7. The number of carbonyl (C=O) groups excluding carboxylic acids is 4. The average molecular weight is 1330 g/mol. The van der Waals surface area contributed by atoms with E-state index in [1.54, 1.807) is 0 Å². The van der Waals surface area contributed by atoms with Crippen molar-refractivity contribution < 1.29 is 80.2 Å². The summed E-state index contributed by atoms with van der Waals surface area (Å²) in [7, 11) is -9.90. The van der Waals surface area contributed by atoms with Gasteiger partial charge in [-0.05, 0) is 49.4 Å². The lowest BCUT2D eigenvalue weighted by Crippen LogP contribution is -2.30. The summed E-state index contributed by atoms with van der Waals surface area (Å²) in [6, 6.07) is 0. The molecule has 0 aliphatic heterocycles. The van der Waals surface area contributed by atoms with Gasteiger partial charge in [0.1, 0.15) is 19.3 Å². The van der Waals surface area contributed by atoms with Crippen molar-refractivity contribution in [1.82, 2.24) is 0 Å². The molecule has 19 heteroatoms. The van der Waals surface area contributed by atoms with E-state index in [4.69, 9.17) is 37.0 Å². The zero-order valence-corrected chi connectivity index (χ0v) is 60.6. The van der Waals surface area contributed by atoms with Gasteiger partial charge in [-0.15, -0.1) is 0 Å². The predicted octanol–water partition coefficient (Wildman–Crippen LogP) is 20.1. The van der Waals surface area contributed by atoms with Crippen LogP contribution in [0.15, 0.2) is 0 Å². The molecule has 0 aliphatic carbocycles. The number of hydrogen-bond donors (Lipinski definition) is 3. The van der Waals surface area contributed by atoms with Crippen molar-refractivity contribution in [3.05, 3.63) is 0 Å². The normalized spacial score (nSPS) is 14.9. The molecule has 90 heavy (non-hydrogen) atoms. The molecule has 0 heterocycles. The Morgan fingerprint density at radius 1 is 0.311 bits per heavy atom. The van der Waals surface area contributed by atoms with Crippen LogP contribution in [0.25, 0.3) is 0 Å². The summed E-state index contributed by atoms with van der Waals surface area (Å²) in [5.41, 5.74) is 0. The highest BCUT2D eigenvalue weighted by molar-refractivity contribution is 7.47. The first-order valence-corrected chi connectivity index (χ1v) is 39.8. The summed E-state index contributed by atoms with van der Waals surface area (Å²) in [4.78, 5) is 72.5. The lowest BCUT2D eigenvalue weighted by Gasteiger charge is -2.21. The molecule has 0 spiro atoms. The molecule has 0 rings (SSSR count). The second-order valence-electron chi connectivity index (χ2n) is 27.1. The molecule has 0 bridgehead atoms. The van der Waals surface area contributed by atoms with Gasteiger partial charge in [0.2, 0.25) is 0 Å². The Morgan fingerprint density at radius 2 is 0.533 bits per heavy atom. The first kappa shape index (κ1) is 88.1. The highest BCUT2D eigenvalue weighted by atomic mass is 31.2. The Hall–Kier alpha value is -1.94. The van der Waals surface area contributed by atoms with E-state index in [0.29, 0.717) is 31.6 Å². The van der Waals surface area contributed by atoms with E-state index in [9.17, 15) is 43.2 Å². The summed E-state index contributed by atoms with van der Waals surface area (Å²) in [6.07, 6.45) is 43.2. The number of rotatable bonds is 68. The van der Waals surface area contributed by atoms with Gasteiger partial charge < -0.3 is 33.8 Å². The second-order valence-corrected chi connectivity index (χ2v) is 30.0. The van der Waals surface area contributed by atoms with Crippen molar-refractivity contribution in [3.63, 3.8) is 0 Å². The molecule has 0 amide bonds. The molecule has 0 radical (unpaired) electrons. The van der Waals surface area contributed by atoms with Crippen LogP contribution < -0.4 is 0 Å². The van der Waals surface area contributed by atoms with Gasteiger partial charge in [0.25, 0.3) is 0 Å². The van der Waals surface area contributed by atoms with E-state index in [1.807, 2.05) is 0 Å². The Labute approximate surface area is 549 Å². The van der Waals surface area contributed by atoms with Crippen molar-refractivity contribution in [2.45, 2.75) is 369 Å². The summed E-state index contributed by atoms with van der Waals surface area (Å²) < 4.78 is 68.3. The van der Waals surface area contributed by atoms with Gasteiger partial charge in [-0.2, -0.15) is 0 Å². The molecule has 4 unspecified atom stereocenters. The number of aliphatic hydroxyl groups excluding tert-OH is 1. The lowest BCUT2D eigenvalue weighted by molar-refractivity contribution is -0.161. The van der Waals surface area contributed by atoms with Gasteiger partial charge in [-0.1, -0.05) is 299 Å². The van der Waals surface area contributed by atoms with Crippen LogP contribution >= 0.6 is 15.6 Å². The number of ether oxygens (including phenoxy) is 4. The van der Waals surface area contributed by atoms with Crippen LogP contribution in [0, 0.1) is 23.7 Å². The van der Waals surface area contributed by atoms with Gasteiger partial charge in [-0.25, -0.2) is 9.13 Å². The fraction of sp³-hybridized carbons (Fsp3) is 0.944. The Bertz CT molecular complexity index is 1790. The molecule has 0 fully saturated rings. The van der Waals surface area contributed by atoms with E-state index < -0.39 is 97.5 Å². The van der Waals surface area contributed by atoms with Crippen LogP contribution in [0.1, 0.15) is 351 Å². The van der Waals surface area contributed by atoms with Crippen molar-refractivity contribution in [2.75, 3.05) is 39.6 Å². The summed E-state index contributed by atoms with van der Waals surface area (Å²) in [5, 5.41) is 10.6. The van der Waals surface area contributed by atoms with Crippen molar-refractivity contribution in [3.8, 4) is 0 Å². The smallest absolute Gasteiger partial charge is 0.462 e. The number of hydrogen-bond acceptors (Lipinski definition) is 15. The molecule has 0 aromatic carbocycles. The Morgan fingerprint density at radius 3 is 0.789 bits per heavy atom. The van der Waals surface area contributed by atoms with Crippen molar-refractivity contribution in [1.29, 1.82) is 0 Å². The van der Waals surface area contributed by atoms with Gasteiger partial charge >= 0.3 is 39.5 Å². The van der Waals surface area contributed by atoms with Gasteiger partial charge in [0, 0.05) is 25.7 Å². The average Bonchev–Trinajstić information content (AvgIpc) is 3.66. The molecule has 0 aromatic heterocycles. The van der Waals surface area contributed by atoms with Gasteiger partial charge in [0.05, 0.1) is 26.4 Å². The Balaban J connectivity index is 5.22. The SMILES string of the molecule is CCC(C)CCCCCCCCCCCCCCCCC(=O)O[C@H](COC(=O)CCCCCCCCC(C)CC)COP(=O)(O)OC[C@H](O)COP(=O)(O)OC[C@@H](COC(=O)CCCCCCCCC(C)C)OC(=O)CCCCCCCCCCCCC(C)C. The monoisotopic (exact) mass is 1320 g/mol. The minimum Gasteiger partial charge on any atom is -0.462 e. The molecule has 7 atom stereocenters. The maximum Gasteiger partial charge on any atom is 0.472 e. The molecule has 0 saturated carbocycles. The largest absolute Gasteiger partial charge is 0.472 e. The van der Waals surface area contributed by atoms with Crippen molar-refractivity contribution in [2.24, 2.45) is 23.7 Å². The first-order chi connectivity index (χ1) is 43.2. The molecule has 0 aromatic rings. The molecule has 17 nitrogen and oxygen atoms in total. The van der Waals surface area contributed by atoms with Crippen molar-refractivity contribution >= 4 is 39.5 Å². The van der Waals surface area contributed by atoms with E-state index in [-0.39, 0.29) is 25.7 Å². The quantitative estimate of drug-likeness (QED) is 0.0222. The fourth-order valence-electron chi connectivity index (χ4n) is 10.6. The number of carbonyl (C=O) groups is 4. The number of phosphoric ester groups is 2. The third kappa shape index (κ3) is 62.2. The summed E-state index contributed by atoms with van der Waals surface area (Å²) >= 11 is 0. The van der Waals surface area contributed by atoms with E-state index in [1.165, 1.54) is 141 Å². The molecular formula is C71H138O17P2. The number of esters is 4. The van der Waals surface area contributed by atoms with E-state index in [2.05, 4.69) is 55.4 Å². The lowest BCUT2D eigenvalue weighted by atomic mass is 9.99.